The van der Waals surface area contributed by atoms with Crippen LogP contribution in [-0.2, 0) is 11.8 Å². The molecule has 5 rings (SSSR count). The molecule has 0 bridgehead atoms. The maximum atomic E-state index is 12.4. The molecule has 35 heavy (non-hydrogen) atoms. The van der Waals surface area contributed by atoms with Gasteiger partial charge < -0.3 is 24.8 Å². The van der Waals surface area contributed by atoms with Gasteiger partial charge in [0.25, 0.3) is 5.56 Å². The number of nitrogens with zero attached hydrogens (tertiary/aromatic N) is 2. The first-order valence-electron chi connectivity index (χ1n) is 11.3. The second-order valence-electron chi connectivity index (χ2n) is 8.66. The van der Waals surface area contributed by atoms with E-state index in [9.17, 15) is 19.8 Å². The van der Waals surface area contributed by atoms with Gasteiger partial charge >= 0.3 is 6.09 Å². The van der Waals surface area contributed by atoms with Crippen LogP contribution in [0.15, 0.2) is 77.9 Å². The first kappa shape index (κ1) is 22.8. The Bertz CT molecular complexity index is 1420. The zero-order valence-electron chi connectivity index (χ0n) is 19.1. The molecule has 8 heteroatoms. The molecule has 0 aliphatic heterocycles. The minimum Gasteiger partial charge on any atom is -0.449 e. The van der Waals surface area contributed by atoms with Gasteiger partial charge in [-0.05, 0) is 39.9 Å². The minimum absolute atomic E-state index is 0.0718. The van der Waals surface area contributed by atoms with Gasteiger partial charge in [0.05, 0.1) is 17.2 Å². The number of alkyl carbamates (subject to hydrolysis) is 1. The zero-order chi connectivity index (χ0) is 24.5. The number of ether oxygens (including phenoxy) is 1. The van der Waals surface area contributed by atoms with Crippen LogP contribution in [0.5, 0.6) is 0 Å². The quantitative estimate of drug-likeness (QED) is 0.399. The Morgan fingerprint density at radius 1 is 1.06 bits per heavy atom. The van der Waals surface area contributed by atoms with E-state index in [1.807, 2.05) is 36.4 Å². The highest BCUT2D eigenvalue weighted by Crippen LogP contribution is 2.44. The Kier molecular flexibility index (Phi) is 6.07. The molecule has 0 fully saturated rings. The van der Waals surface area contributed by atoms with E-state index in [0.717, 1.165) is 22.3 Å². The van der Waals surface area contributed by atoms with Gasteiger partial charge in [-0.15, -0.1) is 0 Å². The fraction of sp³-hybridized carbons (Fsp3) is 0.222. The van der Waals surface area contributed by atoms with E-state index >= 15 is 0 Å². The number of benzene rings is 3. The predicted molar refractivity (Wildman–Crippen MR) is 131 cm³/mol. The first-order valence-corrected chi connectivity index (χ1v) is 11.3. The monoisotopic (exact) mass is 471 g/mol. The lowest BCUT2D eigenvalue weighted by molar-refractivity contribution is 0.0186. The summed E-state index contributed by atoms with van der Waals surface area (Å²) in [6, 6.07) is 20.8. The van der Waals surface area contributed by atoms with Crippen molar-refractivity contribution in [1.29, 1.82) is 0 Å². The minimum atomic E-state index is -1.31. The van der Waals surface area contributed by atoms with Crippen LogP contribution in [-0.4, -0.2) is 45.1 Å². The number of carbonyl (C=O) groups is 1. The number of amides is 1. The normalized spacial score (nSPS) is 14.3. The highest BCUT2D eigenvalue weighted by molar-refractivity contribution is 5.79. The van der Waals surface area contributed by atoms with E-state index in [1.165, 1.54) is 17.0 Å². The first-order chi connectivity index (χ1) is 16.9. The Labute approximate surface area is 201 Å². The smallest absolute Gasteiger partial charge is 0.407 e. The maximum absolute atomic E-state index is 12.4. The SMILES string of the molecule is Cn1cnc2ccc(C(O)C(O)CNC(=O)OCC3c4ccccc4-c4ccccc43)cc2c1=O. The molecular weight excluding hydrogens is 446 g/mol. The lowest BCUT2D eigenvalue weighted by atomic mass is 9.98. The van der Waals surface area contributed by atoms with E-state index in [-0.39, 0.29) is 24.6 Å². The van der Waals surface area contributed by atoms with Crippen LogP contribution in [0.3, 0.4) is 0 Å². The van der Waals surface area contributed by atoms with Gasteiger partial charge in [0, 0.05) is 19.5 Å². The van der Waals surface area contributed by atoms with Crippen molar-refractivity contribution in [3.63, 3.8) is 0 Å². The molecule has 1 aliphatic carbocycles. The highest BCUT2D eigenvalue weighted by atomic mass is 16.5. The molecule has 1 amide bonds. The Morgan fingerprint density at radius 2 is 1.71 bits per heavy atom. The van der Waals surface area contributed by atoms with Crippen molar-refractivity contribution in [2.75, 3.05) is 13.2 Å². The molecule has 2 atom stereocenters. The predicted octanol–water partition coefficient (Wildman–Crippen LogP) is 2.87. The number of rotatable bonds is 6. The Morgan fingerprint density at radius 3 is 2.40 bits per heavy atom. The summed E-state index contributed by atoms with van der Waals surface area (Å²) >= 11 is 0. The second-order valence-corrected chi connectivity index (χ2v) is 8.66. The molecule has 0 radical (unpaired) electrons. The summed E-state index contributed by atoms with van der Waals surface area (Å²) in [6.07, 6.45) is -1.87. The fourth-order valence-electron chi connectivity index (χ4n) is 4.58. The van der Waals surface area contributed by atoms with Gasteiger partial charge in [-0.2, -0.15) is 0 Å². The Balaban J connectivity index is 1.21. The van der Waals surface area contributed by atoms with Crippen LogP contribution in [0.1, 0.15) is 28.7 Å². The Hall–Kier alpha value is -4.01. The largest absolute Gasteiger partial charge is 0.449 e. The number of fused-ring (bicyclic) bond motifs is 4. The van der Waals surface area contributed by atoms with E-state index in [4.69, 9.17) is 4.74 Å². The van der Waals surface area contributed by atoms with Crippen molar-refractivity contribution in [1.82, 2.24) is 14.9 Å². The number of nitrogens with one attached hydrogen (secondary N) is 1. The topological polar surface area (TPSA) is 114 Å². The summed E-state index contributed by atoms with van der Waals surface area (Å²) < 4.78 is 6.81. The van der Waals surface area contributed by atoms with Crippen LogP contribution in [0.4, 0.5) is 4.79 Å². The van der Waals surface area contributed by atoms with E-state index in [2.05, 4.69) is 22.4 Å². The molecular formula is C27H25N3O5. The van der Waals surface area contributed by atoms with Crippen molar-refractivity contribution < 1.29 is 19.7 Å². The highest BCUT2D eigenvalue weighted by Gasteiger charge is 2.29. The third kappa shape index (κ3) is 4.29. The number of aromatic nitrogens is 2. The van der Waals surface area contributed by atoms with Gasteiger partial charge in [0.15, 0.2) is 0 Å². The van der Waals surface area contributed by atoms with Crippen LogP contribution >= 0.6 is 0 Å². The second kappa shape index (κ2) is 9.32. The fourth-order valence-corrected chi connectivity index (χ4v) is 4.58. The molecule has 0 saturated heterocycles. The number of carbonyl (C=O) groups excluding carboxylic acids is 1. The summed E-state index contributed by atoms with van der Waals surface area (Å²) in [5.74, 6) is -0.0718. The van der Waals surface area contributed by atoms with E-state index in [1.54, 1.807) is 19.2 Å². The third-order valence-electron chi connectivity index (χ3n) is 6.45. The van der Waals surface area contributed by atoms with Crippen molar-refractivity contribution in [3.05, 3.63) is 100 Å². The van der Waals surface area contributed by atoms with Crippen LogP contribution in [0.25, 0.3) is 22.0 Å². The molecule has 178 valence electrons. The van der Waals surface area contributed by atoms with Gasteiger partial charge in [0.1, 0.15) is 18.8 Å². The third-order valence-corrected chi connectivity index (χ3v) is 6.45. The number of aliphatic hydroxyl groups excluding tert-OH is 2. The van der Waals surface area contributed by atoms with Gasteiger partial charge in [0.2, 0.25) is 0 Å². The molecule has 1 aromatic heterocycles. The molecule has 3 aromatic carbocycles. The van der Waals surface area contributed by atoms with E-state index in [0.29, 0.717) is 16.5 Å². The number of hydrogen-bond acceptors (Lipinski definition) is 6. The molecule has 1 aliphatic rings. The van der Waals surface area contributed by atoms with E-state index < -0.39 is 18.3 Å². The summed E-state index contributed by atoms with van der Waals surface area (Å²) in [4.78, 5) is 28.9. The lowest BCUT2D eigenvalue weighted by Gasteiger charge is -2.19. The van der Waals surface area contributed by atoms with Gasteiger partial charge in [-0.25, -0.2) is 9.78 Å². The molecule has 4 aromatic rings. The average molecular weight is 472 g/mol. The molecule has 0 spiro atoms. The lowest BCUT2D eigenvalue weighted by Crippen LogP contribution is -2.36. The number of hydrogen-bond donors (Lipinski definition) is 3. The van der Waals surface area contributed by atoms with Crippen molar-refractivity contribution in [2.24, 2.45) is 7.05 Å². The van der Waals surface area contributed by atoms with Crippen LogP contribution < -0.4 is 10.9 Å². The summed E-state index contributed by atoms with van der Waals surface area (Å²) in [5.41, 5.74) is 5.07. The summed E-state index contributed by atoms with van der Waals surface area (Å²) in [5, 5.41) is 23.9. The van der Waals surface area contributed by atoms with Crippen molar-refractivity contribution in [2.45, 2.75) is 18.1 Å². The molecule has 0 saturated carbocycles. The molecule has 1 heterocycles. The summed E-state index contributed by atoms with van der Waals surface area (Å²) in [7, 11) is 1.59. The van der Waals surface area contributed by atoms with Crippen molar-refractivity contribution in [3.8, 4) is 11.1 Å². The number of aliphatic hydroxyl groups is 2. The van der Waals surface area contributed by atoms with Gasteiger partial charge in [-0.3, -0.25) is 4.79 Å². The maximum Gasteiger partial charge on any atom is 0.407 e. The van der Waals surface area contributed by atoms with Crippen LogP contribution in [0.2, 0.25) is 0 Å². The van der Waals surface area contributed by atoms with Gasteiger partial charge in [-0.1, -0.05) is 54.6 Å². The van der Waals surface area contributed by atoms with Crippen molar-refractivity contribution >= 4 is 17.0 Å². The molecule has 3 N–H and O–H groups in total. The zero-order valence-corrected chi connectivity index (χ0v) is 19.1. The standard InChI is InChI=1S/C27H25N3O5/c1-30-15-29-23-11-10-16(12-21(23)26(30)33)25(32)24(31)13-28-27(34)35-14-22-19-8-4-2-6-17(19)18-7-3-5-9-20(18)22/h2-12,15,22,24-25,31-32H,13-14H2,1H3,(H,28,34). The molecule has 2 unspecified atom stereocenters. The summed E-state index contributed by atoms with van der Waals surface area (Å²) in [6.45, 7) is -0.0690. The number of aryl methyl sites for hydroxylation is 1. The average Bonchev–Trinajstić information content (AvgIpc) is 3.21. The van der Waals surface area contributed by atoms with Crippen LogP contribution in [0, 0.1) is 0 Å². The molecule has 8 nitrogen and oxygen atoms in total.